The summed E-state index contributed by atoms with van der Waals surface area (Å²) in [5, 5.41) is 24.8. The third kappa shape index (κ3) is 3.35. The molecule has 2 N–H and O–H groups in total. The van der Waals surface area contributed by atoms with E-state index in [0.717, 1.165) is 22.3 Å². The van der Waals surface area contributed by atoms with Crippen molar-refractivity contribution in [3.63, 3.8) is 0 Å². The molecule has 4 aliphatic rings. The molecule has 1 saturated heterocycles. The number of nitriles is 1. The molecule has 1 fully saturated rings. The maximum Gasteiger partial charge on any atom is 0.310 e. The van der Waals surface area contributed by atoms with Crippen molar-refractivity contribution in [2.75, 3.05) is 5.43 Å². The molecular formula is C27H18N6O5. The van der Waals surface area contributed by atoms with Crippen LogP contribution in [0.15, 0.2) is 77.9 Å². The fourth-order valence-electron chi connectivity index (χ4n) is 5.83. The minimum Gasteiger partial charge on any atom is -0.277 e. The molecule has 2 atom stereocenters. The van der Waals surface area contributed by atoms with Gasteiger partial charge in [-0.25, -0.2) is 0 Å². The van der Waals surface area contributed by atoms with Crippen LogP contribution < -0.4 is 10.9 Å². The fraction of sp³-hybridized carbons (Fsp3) is 0.148. The molecule has 3 aromatic carbocycles. The number of rotatable bonds is 4. The van der Waals surface area contributed by atoms with Gasteiger partial charge in [0.25, 0.3) is 11.6 Å². The van der Waals surface area contributed by atoms with Gasteiger partial charge in [0.05, 0.1) is 22.4 Å². The number of hydrazine groups is 1. The first kappa shape index (κ1) is 23.1. The number of carbonyl (C=O) groups is 3. The van der Waals surface area contributed by atoms with E-state index in [9.17, 15) is 29.8 Å². The predicted octanol–water partition coefficient (Wildman–Crippen LogP) is 2.81. The molecule has 186 valence electrons. The summed E-state index contributed by atoms with van der Waals surface area (Å²) >= 11 is 0. The number of carbonyl (C=O) groups excluding carboxylic acids is 3. The molecule has 0 saturated carbocycles. The van der Waals surface area contributed by atoms with Crippen molar-refractivity contribution in [2.45, 2.75) is 11.8 Å². The van der Waals surface area contributed by atoms with Crippen LogP contribution >= 0.6 is 0 Å². The topological polar surface area (TPSA) is 158 Å². The lowest BCUT2D eigenvalue weighted by Crippen LogP contribution is -2.65. The van der Waals surface area contributed by atoms with Crippen LogP contribution in [0.25, 0.3) is 0 Å². The van der Waals surface area contributed by atoms with E-state index in [1.165, 1.54) is 24.3 Å². The summed E-state index contributed by atoms with van der Waals surface area (Å²) in [4.78, 5) is 50.7. The normalized spacial score (nSPS) is 22.9. The molecule has 2 bridgehead atoms. The third-order valence-corrected chi connectivity index (χ3v) is 7.35. The van der Waals surface area contributed by atoms with Crippen LogP contribution in [-0.2, 0) is 14.4 Å². The number of hydrazone groups is 1. The van der Waals surface area contributed by atoms with E-state index < -0.39 is 46.1 Å². The number of nitrogens with zero attached hydrogens (tertiary/aromatic N) is 4. The molecule has 0 spiro atoms. The number of nitro benzene ring substituents is 1. The van der Waals surface area contributed by atoms with Crippen LogP contribution in [0, 0.1) is 33.3 Å². The van der Waals surface area contributed by atoms with Crippen molar-refractivity contribution in [1.82, 2.24) is 10.4 Å². The quantitative estimate of drug-likeness (QED) is 0.313. The highest BCUT2D eigenvalue weighted by atomic mass is 16.6. The highest BCUT2D eigenvalue weighted by Gasteiger charge is 2.59. The lowest BCUT2D eigenvalue weighted by atomic mass is 9.53. The van der Waals surface area contributed by atoms with Crippen LogP contribution in [0.5, 0.6) is 0 Å². The van der Waals surface area contributed by atoms with Gasteiger partial charge in [0.2, 0.25) is 11.6 Å². The molecule has 3 amide bonds. The number of hydrogen-bond acceptors (Lipinski definition) is 8. The van der Waals surface area contributed by atoms with Gasteiger partial charge in [-0.1, -0.05) is 48.5 Å². The van der Waals surface area contributed by atoms with Crippen molar-refractivity contribution < 1.29 is 19.3 Å². The summed E-state index contributed by atoms with van der Waals surface area (Å²) < 4.78 is 0. The van der Waals surface area contributed by atoms with Crippen LogP contribution in [0.1, 0.15) is 34.1 Å². The Morgan fingerprint density at radius 2 is 1.45 bits per heavy atom. The van der Waals surface area contributed by atoms with Crippen molar-refractivity contribution in [2.24, 2.45) is 16.9 Å². The average Bonchev–Trinajstić information content (AvgIpc) is 2.95. The largest absolute Gasteiger partial charge is 0.310 e. The Morgan fingerprint density at radius 1 is 0.921 bits per heavy atom. The highest BCUT2D eigenvalue weighted by molar-refractivity contribution is 6.47. The second-order valence-corrected chi connectivity index (χ2v) is 9.21. The Labute approximate surface area is 215 Å². The Hall–Kier alpha value is -5.37. The summed E-state index contributed by atoms with van der Waals surface area (Å²) in [5.74, 6) is -4.48. The van der Waals surface area contributed by atoms with Gasteiger partial charge in [-0.15, -0.1) is 0 Å². The zero-order valence-electron chi connectivity index (χ0n) is 19.6. The van der Waals surface area contributed by atoms with Gasteiger partial charge in [0.15, 0.2) is 0 Å². The lowest BCUT2D eigenvalue weighted by Gasteiger charge is -2.52. The molecule has 0 aromatic heterocycles. The number of anilines is 1. The molecule has 2 unspecified atom stereocenters. The maximum absolute atomic E-state index is 13.8. The number of hydrogen-bond donors (Lipinski definition) is 2. The first-order valence-electron chi connectivity index (χ1n) is 11.8. The van der Waals surface area contributed by atoms with Gasteiger partial charge >= 0.3 is 5.91 Å². The summed E-state index contributed by atoms with van der Waals surface area (Å²) in [6, 6.07) is 22.2. The SMILES string of the molecule is N#C/C(=N/Nc1ccc([N+](=O)[O-])cc1)C(=O)N1NC(=O)C2C3c4ccccc4C(c4ccccc43)C2C1=O. The van der Waals surface area contributed by atoms with Crippen molar-refractivity contribution in [3.05, 3.63) is 105 Å². The summed E-state index contributed by atoms with van der Waals surface area (Å²) in [6.07, 6.45) is 0. The van der Waals surface area contributed by atoms with Gasteiger partial charge < -0.3 is 0 Å². The smallest absolute Gasteiger partial charge is 0.277 e. The number of amides is 3. The van der Waals surface area contributed by atoms with Crippen molar-refractivity contribution in [1.29, 1.82) is 5.26 Å². The van der Waals surface area contributed by atoms with E-state index >= 15 is 0 Å². The number of nitrogens with one attached hydrogen (secondary N) is 2. The van der Waals surface area contributed by atoms with Gasteiger partial charge in [-0.05, 0) is 34.4 Å². The van der Waals surface area contributed by atoms with E-state index in [2.05, 4.69) is 16.0 Å². The van der Waals surface area contributed by atoms with Crippen molar-refractivity contribution >= 4 is 34.8 Å². The van der Waals surface area contributed by atoms with E-state index in [1.807, 2.05) is 48.5 Å². The Kier molecular flexibility index (Phi) is 5.24. The van der Waals surface area contributed by atoms with E-state index in [1.54, 1.807) is 6.07 Å². The molecule has 11 heteroatoms. The van der Waals surface area contributed by atoms with Gasteiger partial charge in [0, 0.05) is 24.0 Å². The fourth-order valence-corrected chi connectivity index (χ4v) is 5.83. The van der Waals surface area contributed by atoms with E-state index in [-0.39, 0.29) is 17.3 Å². The Morgan fingerprint density at radius 3 is 1.95 bits per heavy atom. The van der Waals surface area contributed by atoms with Crippen LogP contribution in [0.4, 0.5) is 11.4 Å². The highest BCUT2D eigenvalue weighted by Crippen LogP contribution is 2.59. The van der Waals surface area contributed by atoms with Crippen LogP contribution in [0.2, 0.25) is 0 Å². The zero-order chi connectivity index (χ0) is 26.6. The minimum absolute atomic E-state index is 0.141. The maximum atomic E-state index is 13.8. The van der Waals surface area contributed by atoms with Crippen LogP contribution in [-0.4, -0.2) is 33.4 Å². The Bertz CT molecular complexity index is 1560. The number of benzene rings is 3. The van der Waals surface area contributed by atoms with Gasteiger partial charge in [-0.3, -0.25) is 35.3 Å². The summed E-state index contributed by atoms with van der Waals surface area (Å²) in [7, 11) is 0. The molecule has 3 aromatic rings. The molecular weight excluding hydrogens is 488 g/mol. The second kappa shape index (κ2) is 8.63. The third-order valence-electron chi connectivity index (χ3n) is 7.35. The number of nitro groups is 1. The van der Waals surface area contributed by atoms with E-state index in [0.29, 0.717) is 5.01 Å². The minimum atomic E-state index is -1.08. The van der Waals surface area contributed by atoms with E-state index in [4.69, 9.17) is 0 Å². The lowest BCUT2D eigenvalue weighted by molar-refractivity contribution is -0.384. The molecule has 11 nitrogen and oxygen atoms in total. The zero-order valence-corrected chi connectivity index (χ0v) is 19.6. The predicted molar refractivity (Wildman–Crippen MR) is 133 cm³/mol. The second-order valence-electron chi connectivity index (χ2n) is 9.21. The first-order chi connectivity index (χ1) is 18.4. The molecule has 7 rings (SSSR count). The summed E-state index contributed by atoms with van der Waals surface area (Å²) in [5.41, 5.74) is 8.24. The molecule has 1 heterocycles. The number of imide groups is 1. The van der Waals surface area contributed by atoms with Crippen LogP contribution in [0.3, 0.4) is 0 Å². The molecule has 0 radical (unpaired) electrons. The average molecular weight is 506 g/mol. The van der Waals surface area contributed by atoms with Gasteiger partial charge in [0.1, 0.15) is 6.07 Å². The first-order valence-corrected chi connectivity index (χ1v) is 11.8. The summed E-state index contributed by atoms with van der Waals surface area (Å²) in [6.45, 7) is 0. The standard InChI is InChI=1S/C27H18N6O5/c28-13-20(30-29-14-9-11-15(12-10-14)33(37)38)26(35)32-27(36)24-22-18-7-3-1-5-16(18)21(23(24)25(34)31-32)17-6-2-4-8-19(17)22/h1-12,21-24,29H,(H,31,34)/b30-20-. The molecule has 1 aliphatic heterocycles. The molecule has 38 heavy (non-hydrogen) atoms. The monoisotopic (exact) mass is 506 g/mol. The van der Waals surface area contributed by atoms with Gasteiger partial charge in [-0.2, -0.15) is 15.4 Å². The molecule has 3 aliphatic carbocycles. The van der Waals surface area contributed by atoms with Crippen molar-refractivity contribution in [3.8, 4) is 6.07 Å². The number of non-ortho nitro benzene ring substituents is 1. The Balaban J connectivity index is 1.33.